The van der Waals surface area contributed by atoms with Gasteiger partial charge in [0.05, 0.1) is 25.4 Å². The van der Waals surface area contributed by atoms with E-state index in [0.717, 1.165) is 57.8 Å². The minimum Gasteiger partial charge on any atom is -0.466 e. The van der Waals surface area contributed by atoms with Gasteiger partial charge in [-0.3, -0.25) is 9.59 Å². The number of amides is 1. The van der Waals surface area contributed by atoms with Gasteiger partial charge in [0.25, 0.3) is 0 Å². The highest BCUT2D eigenvalue weighted by atomic mass is 16.5. The van der Waals surface area contributed by atoms with Gasteiger partial charge in [0.15, 0.2) is 0 Å². The van der Waals surface area contributed by atoms with Gasteiger partial charge in [0.1, 0.15) is 0 Å². The number of carbonyl (C=O) groups is 2. The number of hydrogen-bond donors (Lipinski definition) is 3. The van der Waals surface area contributed by atoms with Crippen LogP contribution in [0.1, 0.15) is 322 Å². The van der Waals surface area contributed by atoms with Gasteiger partial charge in [-0.15, -0.1) is 0 Å². The van der Waals surface area contributed by atoms with E-state index < -0.39 is 12.1 Å². The zero-order valence-electron chi connectivity index (χ0n) is 47.9. The molecule has 0 heterocycles. The average molecular weight is 1010 g/mol. The fourth-order valence-electron chi connectivity index (χ4n) is 9.40. The smallest absolute Gasteiger partial charge is 0.305 e. The maximum Gasteiger partial charge on any atom is 0.305 e. The normalized spacial score (nSPS) is 13.0. The summed E-state index contributed by atoms with van der Waals surface area (Å²) in [7, 11) is 0. The van der Waals surface area contributed by atoms with Gasteiger partial charge in [0, 0.05) is 12.8 Å². The van der Waals surface area contributed by atoms with E-state index in [4.69, 9.17) is 4.74 Å². The number of carbonyl (C=O) groups excluding carboxylic acids is 2. The lowest BCUT2D eigenvalue weighted by Gasteiger charge is -2.20. The summed E-state index contributed by atoms with van der Waals surface area (Å²) in [6.07, 6.45) is 79.7. The summed E-state index contributed by atoms with van der Waals surface area (Å²) >= 11 is 0. The van der Waals surface area contributed by atoms with E-state index in [1.807, 2.05) is 6.08 Å². The Balaban J connectivity index is 3.46. The number of aliphatic hydroxyl groups excluding tert-OH is 2. The van der Waals surface area contributed by atoms with Gasteiger partial charge >= 0.3 is 5.97 Å². The van der Waals surface area contributed by atoms with Crippen molar-refractivity contribution in [3.05, 3.63) is 60.8 Å². The summed E-state index contributed by atoms with van der Waals surface area (Å²) in [6, 6.07) is -0.633. The maximum atomic E-state index is 12.5. The van der Waals surface area contributed by atoms with E-state index >= 15 is 0 Å². The third-order valence-electron chi connectivity index (χ3n) is 14.3. The molecule has 0 fully saturated rings. The molecular formula is C66H121NO5. The van der Waals surface area contributed by atoms with Crippen molar-refractivity contribution in [2.45, 2.75) is 334 Å². The highest BCUT2D eigenvalue weighted by molar-refractivity contribution is 5.76. The van der Waals surface area contributed by atoms with Gasteiger partial charge in [-0.2, -0.15) is 0 Å². The minimum absolute atomic E-state index is 0.00549. The molecule has 420 valence electrons. The van der Waals surface area contributed by atoms with Crippen LogP contribution in [0.3, 0.4) is 0 Å². The third kappa shape index (κ3) is 56.8. The molecule has 0 aliphatic carbocycles. The van der Waals surface area contributed by atoms with Crippen molar-refractivity contribution in [1.29, 1.82) is 0 Å². The van der Waals surface area contributed by atoms with Crippen molar-refractivity contribution in [3.8, 4) is 0 Å². The fourth-order valence-corrected chi connectivity index (χ4v) is 9.40. The molecule has 3 N–H and O–H groups in total. The third-order valence-corrected chi connectivity index (χ3v) is 14.3. The predicted octanol–water partition coefficient (Wildman–Crippen LogP) is 19.9. The fraction of sp³-hybridized carbons (Fsp3) is 0.818. The quantitative estimate of drug-likeness (QED) is 0.0320. The lowest BCUT2D eigenvalue weighted by atomic mass is 10.0. The number of nitrogens with one attached hydrogen (secondary N) is 1. The molecule has 0 aromatic carbocycles. The molecule has 2 unspecified atom stereocenters. The van der Waals surface area contributed by atoms with Crippen LogP contribution < -0.4 is 5.32 Å². The monoisotopic (exact) mass is 1010 g/mol. The van der Waals surface area contributed by atoms with Crippen molar-refractivity contribution >= 4 is 11.9 Å². The molecule has 6 nitrogen and oxygen atoms in total. The molecule has 6 heteroatoms. The summed E-state index contributed by atoms with van der Waals surface area (Å²) in [4.78, 5) is 24.5. The minimum atomic E-state index is -0.849. The Morgan fingerprint density at radius 3 is 1.07 bits per heavy atom. The van der Waals surface area contributed by atoms with E-state index in [2.05, 4.69) is 67.8 Å². The van der Waals surface area contributed by atoms with Gasteiger partial charge < -0.3 is 20.3 Å². The van der Waals surface area contributed by atoms with E-state index in [0.29, 0.717) is 19.4 Å². The first-order valence-electron chi connectivity index (χ1n) is 31.6. The highest BCUT2D eigenvalue weighted by Crippen LogP contribution is 2.16. The SMILES string of the molecule is CCCCCC/C=C\C/C=C\CCCCCCCC(=O)OCCCCCCCCCCC/C=C\C/C=C\CCCCCCCCCCCC(=O)NC(CO)C(O)/C=C/CCCCCCCCCCCCCC. The molecule has 0 aromatic rings. The molecule has 0 radical (unpaired) electrons. The number of unbranched alkanes of at least 4 members (excludes halogenated alkanes) is 39. The zero-order chi connectivity index (χ0) is 52.2. The van der Waals surface area contributed by atoms with Crippen LogP contribution in [0, 0.1) is 0 Å². The summed E-state index contributed by atoms with van der Waals surface area (Å²) in [5.41, 5.74) is 0. The molecular weight excluding hydrogens is 887 g/mol. The number of aliphatic hydroxyl groups is 2. The first-order valence-corrected chi connectivity index (χ1v) is 31.6. The average Bonchev–Trinajstić information content (AvgIpc) is 3.38. The first kappa shape index (κ1) is 69.6. The van der Waals surface area contributed by atoms with E-state index in [1.54, 1.807) is 6.08 Å². The number of allylic oxidation sites excluding steroid dienone is 9. The van der Waals surface area contributed by atoms with E-state index in [-0.39, 0.29) is 18.5 Å². The summed E-state index contributed by atoms with van der Waals surface area (Å²) in [6.45, 7) is 4.88. The molecule has 0 aliphatic rings. The Morgan fingerprint density at radius 2 is 0.694 bits per heavy atom. The van der Waals surface area contributed by atoms with Crippen LogP contribution in [0.5, 0.6) is 0 Å². The molecule has 0 saturated heterocycles. The number of ether oxygens (including phenoxy) is 1. The lowest BCUT2D eigenvalue weighted by Crippen LogP contribution is -2.45. The molecule has 0 aromatic heterocycles. The molecule has 72 heavy (non-hydrogen) atoms. The molecule has 0 spiro atoms. The van der Waals surface area contributed by atoms with Crippen LogP contribution >= 0.6 is 0 Å². The summed E-state index contributed by atoms with van der Waals surface area (Å²) in [5, 5.41) is 23.1. The second kappa shape index (κ2) is 61.1. The van der Waals surface area contributed by atoms with E-state index in [1.165, 1.54) is 238 Å². The standard InChI is InChI=1S/C66H121NO5/c1-3-5-7-9-11-13-15-17-19-32-36-40-44-48-52-56-60-66(71)72-61-57-53-49-45-41-37-33-30-28-26-24-22-20-21-23-25-27-29-31-35-39-43-47-51-55-59-65(70)67-63(62-68)64(69)58-54-50-46-42-38-34-18-16-14-12-10-8-6-4-2/h13,15,19,21-24,32,54,58,63-64,68-69H,3-12,14,16-18,20,25-31,33-53,55-57,59-62H2,1-2H3,(H,67,70)/b15-13-,23-21-,24-22-,32-19-,58-54+. The van der Waals surface area contributed by atoms with Gasteiger partial charge in [-0.05, 0) is 96.3 Å². The Hall–Kier alpha value is -2.44. The second-order valence-electron chi connectivity index (χ2n) is 21.4. The Labute approximate surface area is 448 Å². The zero-order valence-corrected chi connectivity index (χ0v) is 47.9. The number of rotatable bonds is 58. The van der Waals surface area contributed by atoms with Gasteiger partial charge in [0.2, 0.25) is 5.91 Å². The Kier molecular flexibility index (Phi) is 59.0. The summed E-state index contributed by atoms with van der Waals surface area (Å²) in [5.74, 6) is -0.0800. The number of hydrogen-bond acceptors (Lipinski definition) is 5. The number of esters is 1. The van der Waals surface area contributed by atoms with Crippen molar-refractivity contribution in [2.75, 3.05) is 13.2 Å². The molecule has 1 amide bonds. The molecule has 0 rings (SSSR count). The second-order valence-corrected chi connectivity index (χ2v) is 21.4. The van der Waals surface area contributed by atoms with Crippen molar-refractivity contribution in [3.63, 3.8) is 0 Å². The Morgan fingerprint density at radius 1 is 0.389 bits per heavy atom. The first-order chi connectivity index (χ1) is 35.5. The van der Waals surface area contributed by atoms with Crippen LogP contribution in [-0.4, -0.2) is 47.4 Å². The maximum absolute atomic E-state index is 12.5. The van der Waals surface area contributed by atoms with Crippen LogP contribution in [0.15, 0.2) is 60.8 Å². The van der Waals surface area contributed by atoms with Crippen molar-refractivity contribution in [1.82, 2.24) is 5.32 Å². The van der Waals surface area contributed by atoms with Crippen molar-refractivity contribution < 1.29 is 24.5 Å². The molecule has 0 saturated carbocycles. The highest BCUT2D eigenvalue weighted by Gasteiger charge is 2.18. The van der Waals surface area contributed by atoms with Gasteiger partial charge in [-0.25, -0.2) is 0 Å². The largest absolute Gasteiger partial charge is 0.466 e. The van der Waals surface area contributed by atoms with Crippen molar-refractivity contribution in [2.24, 2.45) is 0 Å². The molecule has 0 bridgehead atoms. The predicted molar refractivity (Wildman–Crippen MR) is 315 cm³/mol. The van der Waals surface area contributed by atoms with Gasteiger partial charge in [-0.1, -0.05) is 274 Å². The van der Waals surface area contributed by atoms with E-state index in [9.17, 15) is 19.8 Å². The molecule has 2 atom stereocenters. The topological polar surface area (TPSA) is 95.9 Å². The molecule has 0 aliphatic heterocycles. The Bertz CT molecular complexity index is 1250. The van der Waals surface area contributed by atoms with Crippen LogP contribution in [-0.2, 0) is 14.3 Å². The summed E-state index contributed by atoms with van der Waals surface area (Å²) < 4.78 is 5.48. The van der Waals surface area contributed by atoms with Crippen LogP contribution in [0.25, 0.3) is 0 Å². The van der Waals surface area contributed by atoms with Crippen LogP contribution in [0.2, 0.25) is 0 Å². The lowest BCUT2D eigenvalue weighted by molar-refractivity contribution is -0.143. The van der Waals surface area contributed by atoms with Crippen LogP contribution in [0.4, 0.5) is 0 Å².